The van der Waals surface area contributed by atoms with Crippen molar-refractivity contribution in [3.8, 4) is 34.1 Å². The third-order valence-electron chi connectivity index (χ3n) is 9.76. The average molecular weight is 930 g/mol. The molecule has 0 aliphatic rings. The second-order valence-corrected chi connectivity index (χ2v) is 14.8. The molecule has 0 aromatic heterocycles. The van der Waals surface area contributed by atoms with Crippen molar-refractivity contribution in [2.75, 3.05) is 166 Å². The van der Waals surface area contributed by atoms with Gasteiger partial charge in [0.1, 0.15) is 12.4 Å². The molecule has 0 amide bonds. The van der Waals surface area contributed by atoms with Crippen LogP contribution < -0.4 is 4.74 Å². The summed E-state index contributed by atoms with van der Waals surface area (Å²) in [4.78, 5) is 0. The predicted molar refractivity (Wildman–Crippen MR) is 258 cm³/mol. The molecule has 67 heavy (non-hydrogen) atoms. The van der Waals surface area contributed by atoms with E-state index in [2.05, 4.69) is 61.5 Å². The van der Waals surface area contributed by atoms with Crippen molar-refractivity contribution >= 4 is 11.6 Å². The van der Waals surface area contributed by atoms with E-state index in [0.717, 1.165) is 39.1 Å². The molecule has 0 N–H and O–H groups in total. The Morgan fingerprint density at radius 2 is 0.657 bits per heavy atom. The van der Waals surface area contributed by atoms with Crippen LogP contribution in [0.3, 0.4) is 0 Å². The molecular weight excluding hydrogens is 859 g/mol. The first kappa shape index (κ1) is 55.0. The highest BCUT2D eigenvalue weighted by molar-refractivity contribution is 5.90. The number of nitrogens with zero attached hydrogens (tertiary/aromatic N) is 1. The van der Waals surface area contributed by atoms with E-state index in [1.165, 1.54) is 5.56 Å². The van der Waals surface area contributed by atoms with Crippen LogP contribution in [0, 0.1) is 18.3 Å². The van der Waals surface area contributed by atoms with E-state index >= 15 is 0 Å². The fourth-order valence-electron chi connectivity index (χ4n) is 6.11. The number of rotatable bonds is 41. The van der Waals surface area contributed by atoms with Crippen molar-refractivity contribution in [2.45, 2.75) is 6.92 Å². The number of benzene rings is 4. The molecule has 4 aromatic carbocycles. The Morgan fingerprint density at radius 3 is 0.985 bits per heavy atom. The Kier molecular flexibility index (Phi) is 30.7. The quantitative estimate of drug-likeness (QED) is 0.0245. The fourth-order valence-corrected chi connectivity index (χ4v) is 6.11. The minimum atomic E-state index is 0.440. The number of ether oxygens (including phenoxy) is 13. The van der Waals surface area contributed by atoms with Crippen molar-refractivity contribution in [2.24, 2.45) is 0 Å². The van der Waals surface area contributed by atoms with Crippen LogP contribution in [-0.4, -0.2) is 166 Å². The second kappa shape index (κ2) is 37.4. The molecule has 14 nitrogen and oxygen atoms in total. The minimum Gasteiger partial charge on any atom is -0.491 e. The van der Waals surface area contributed by atoms with Crippen molar-refractivity contribution in [3.05, 3.63) is 114 Å². The van der Waals surface area contributed by atoms with Gasteiger partial charge < -0.3 is 61.6 Å². The normalized spacial score (nSPS) is 11.6. The van der Waals surface area contributed by atoms with Gasteiger partial charge in [-0.3, -0.25) is 0 Å². The van der Waals surface area contributed by atoms with Crippen molar-refractivity contribution in [1.82, 2.24) is 0 Å². The van der Waals surface area contributed by atoms with Crippen molar-refractivity contribution in [1.29, 1.82) is 5.26 Å². The third-order valence-corrected chi connectivity index (χ3v) is 9.76. The summed E-state index contributed by atoms with van der Waals surface area (Å²) in [6, 6.07) is 35.1. The average Bonchev–Trinajstić information content (AvgIpc) is 3.36. The molecule has 0 spiro atoms. The molecule has 4 rings (SSSR count). The van der Waals surface area contributed by atoms with Crippen LogP contribution in [0.25, 0.3) is 33.9 Å². The molecule has 0 saturated heterocycles. The van der Waals surface area contributed by atoms with Gasteiger partial charge >= 0.3 is 0 Å². The highest BCUT2D eigenvalue weighted by Crippen LogP contribution is 2.26. The summed E-state index contributed by atoms with van der Waals surface area (Å²) in [6.45, 7) is 14.2. The lowest BCUT2D eigenvalue weighted by molar-refractivity contribution is -0.0282. The van der Waals surface area contributed by atoms with E-state index in [-0.39, 0.29) is 0 Å². The lowest BCUT2D eigenvalue weighted by Crippen LogP contribution is -2.15. The van der Waals surface area contributed by atoms with Gasteiger partial charge in [-0.2, -0.15) is 5.26 Å². The first-order valence-corrected chi connectivity index (χ1v) is 23.1. The number of aryl methyl sites for hydroxylation is 1. The van der Waals surface area contributed by atoms with Crippen LogP contribution >= 0.6 is 0 Å². The van der Waals surface area contributed by atoms with E-state index in [9.17, 15) is 5.26 Å². The lowest BCUT2D eigenvalue weighted by atomic mass is 9.98. The lowest BCUT2D eigenvalue weighted by Gasteiger charge is -2.09. The van der Waals surface area contributed by atoms with Gasteiger partial charge in [0.05, 0.1) is 164 Å². The third kappa shape index (κ3) is 26.0. The number of hydrogen-bond donors (Lipinski definition) is 0. The van der Waals surface area contributed by atoms with Gasteiger partial charge in [0, 0.05) is 7.11 Å². The maximum atomic E-state index is 9.90. The highest BCUT2D eigenvalue weighted by Gasteiger charge is 2.05. The van der Waals surface area contributed by atoms with E-state index < -0.39 is 0 Å². The first-order valence-electron chi connectivity index (χ1n) is 23.1. The Balaban J connectivity index is 0.868. The van der Waals surface area contributed by atoms with Crippen LogP contribution in [0.2, 0.25) is 0 Å². The monoisotopic (exact) mass is 929 g/mol. The molecule has 366 valence electrons. The number of hydrogen-bond acceptors (Lipinski definition) is 14. The smallest absolute Gasteiger partial charge is 0.119 e. The number of nitriles is 1. The summed E-state index contributed by atoms with van der Waals surface area (Å²) in [5, 5.41) is 9.90. The van der Waals surface area contributed by atoms with Gasteiger partial charge in [0.2, 0.25) is 0 Å². The van der Waals surface area contributed by atoms with Crippen molar-refractivity contribution < 1.29 is 61.6 Å². The standard InChI is InChI=1S/C53H71NO13/c1-45-3-7-47(8-4-45)49-11-13-51(14-12-49)52(44-54)43-46-5-9-48(10-6-46)50-15-17-53(18-16-50)67-42-41-66-40-39-65-38-37-64-36-35-63-34-33-62-32-31-61-30-29-60-28-27-59-26-25-58-24-23-57-22-21-56-20-19-55-2/h3-18,43H,19-42H2,1-2H3/b52-43+. The van der Waals surface area contributed by atoms with Crippen LogP contribution in [0.1, 0.15) is 16.7 Å². The molecule has 0 unspecified atom stereocenters. The molecule has 0 radical (unpaired) electrons. The van der Waals surface area contributed by atoms with Gasteiger partial charge in [0.25, 0.3) is 0 Å². The maximum absolute atomic E-state index is 9.90. The summed E-state index contributed by atoms with van der Waals surface area (Å²) in [5.74, 6) is 0.777. The van der Waals surface area contributed by atoms with Gasteiger partial charge in [0.15, 0.2) is 0 Å². The summed E-state index contributed by atoms with van der Waals surface area (Å²) in [7, 11) is 1.65. The van der Waals surface area contributed by atoms with E-state index in [1.54, 1.807) is 7.11 Å². The Morgan fingerprint density at radius 1 is 0.373 bits per heavy atom. The Labute approximate surface area is 397 Å². The van der Waals surface area contributed by atoms with Gasteiger partial charge in [-0.05, 0) is 58.5 Å². The maximum Gasteiger partial charge on any atom is 0.119 e. The zero-order chi connectivity index (χ0) is 47.1. The number of methoxy groups -OCH3 is 1. The summed E-state index contributed by atoms with van der Waals surface area (Å²) >= 11 is 0. The largest absolute Gasteiger partial charge is 0.491 e. The van der Waals surface area contributed by atoms with Gasteiger partial charge in [-0.25, -0.2) is 0 Å². The molecule has 0 aliphatic carbocycles. The minimum absolute atomic E-state index is 0.440. The highest BCUT2D eigenvalue weighted by atomic mass is 16.6. The summed E-state index contributed by atoms with van der Waals surface area (Å²) < 4.78 is 71.3. The van der Waals surface area contributed by atoms with Crippen LogP contribution in [0.15, 0.2) is 97.1 Å². The molecule has 0 atom stereocenters. The molecule has 0 aliphatic heterocycles. The molecule has 0 bridgehead atoms. The van der Waals surface area contributed by atoms with E-state index in [0.29, 0.717) is 164 Å². The molecule has 0 saturated carbocycles. The van der Waals surface area contributed by atoms with Gasteiger partial charge in [-0.15, -0.1) is 0 Å². The molecular formula is C53H71NO13. The summed E-state index contributed by atoms with van der Waals surface area (Å²) in [6.07, 6.45) is 1.92. The summed E-state index contributed by atoms with van der Waals surface area (Å²) in [5.41, 5.74) is 8.15. The predicted octanol–water partition coefficient (Wildman–Crippen LogP) is 7.60. The van der Waals surface area contributed by atoms with Crippen LogP contribution in [0.4, 0.5) is 0 Å². The van der Waals surface area contributed by atoms with Crippen LogP contribution in [0.5, 0.6) is 5.75 Å². The Hall–Kier alpha value is -4.57. The van der Waals surface area contributed by atoms with E-state index in [4.69, 9.17) is 61.6 Å². The zero-order valence-electron chi connectivity index (χ0n) is 39.5. The van der Waals surface area contributed by atoms with Crippen LogP contribution in [-0.2, 0) is 56.8 Å². The van der Waals surface area contributed by atoms with Crippen molar-refractivity contribution in [3.63, 3.8) is 0 Å². The SMILES string of the molecule is COCCOCCOCCOCCOCCOCCOCCOCCOCCOCCOCCOCCOc1ccc(-c2ccc(/C=C(\C#N)c3ccc(-c4ccc(C)cc4)cc3)cc2)cc1. The first-order chi connectivity index (χ1) is 33.2. The zero-order valence-corrected chi connectivity index (χ0v) is 39.5. The molecule has 0 heterocycles. The van der Waals surface area contributed by atoms with Gasteiger partial charge in [-0.1, -0.05) is 90.5 Å². The Bertz CT molecular complexity index is 1870. The molecule has 4 aromatic rings. The molecule has 0 fully saturated rings. The van der Waals surface area contributed by atoms with E-state index in [1.807, 2.05) is 54.6 Å². The second-order valence-electron chi connectivity index (χ2n) is 14.8. The molecule has 14 heteroatoms. The number of allylic oxidation sites excluding steroid dienone is 1. The topological polar surface area (TPSA) is 144 Å². The fraction of sp³-hybridized carbons (Fsp3) is 0.491.